The molecule has 3 unspecified atom stereocenters. The molecule has 1 N–H and O–H groups in total. The Balaban J connectivity index is 2.16. The number of rotatable bonds is 3. The van der Waals surface area contributed by atoms with E-state index in [0.717, 1.165) is 25.9 Å². The lowest BCUT2D eigenvalue weighted by atomic mass is 9.90. The summed E-state index contributed by atoms with van der Waals surface area (Å²) in [6, 6.07) is -0.435. The molecule has 2 aliphatic heterocycles. The van der Waals surface area contributed by atoms with Gasteiger partial charge in [0.05, 0.1) is 6.10 Å². The van der Waals surface area contributed by atoms with Crippen molar-refractivity contribution in [2.75, 3.05) is 13.2 Å². The Morgan fingerprint density at radius 3 is 2.74 bits per heavy atom. The lowest BCUT2D eigenvalue weighted by Gasteiger charge is -2.46. The Morgan fingerprint density at radius 2 is 2.16 bits per heavy atom. The molecule has 0 aromatic heterocycles. The summed E-state index contributed by atoms with van der Waals surface area (Å²) in [6.45, 7) is 6.81. The monoisotopic (exact) mass is 268 g/mol. The summed E-state index contributed by atoms with van der Waals surface area (Å²) in [5.41, 5.74) is -0.746. The highest BCUT2D eigenvalue weighted by molar-refractivity contribution is 5.99. The largest absolute Gasteiger partial charge is 0.376 e. The molecule has 0 aromatic rings. The van der Waals surface area contributed by atoms with Crippen molar-refractivity contribution in [1.82, 2.24) is 10.2 Å². The van der Waals surface area contributed by atoms with Gasteiger partial charge < -0.3 is 15.0 Å². The summed E-state index contributed by atoms with van der Waals surface area (Å²) in [5, 5.41) is 2.77. The molecule has 0 aromatic carbocycles. The van der Waals surface area contributed by atoms with Gasteiger partial charge in [-0.3, -0.25) is 9.59 Å². The van der Waals surface area contributed by atoms with Crippen molar-refractivity contribution in [1.29, 1.82) is 0 Å². The first-order chi connectivity index (χ1) is 8.99. The van der Waals surface area contributed by atoms with Gasteiger partial charge in [-0.05, 0) is 39.5 Å². The Morgan fingerprint density at radius 1 is 1.42 bits per heavy atom. The quantitative estimate of drug-likeness (QED) is 0.833. The zero-order valence-electron chi connectivity index (χ0n) is 12.1. The van der Waals surface area contributed by atoms with Crippen LogP contribution in [0.1, 0.15) is 46.5 Å². The molecule has 2 saturated heterocycles. The van der Waals surface area contributed by atoms with Crippen LogP contribution in [0.3, 0.4) is 0 Å². The first-order valence-electron chi connectivity index (χ1n) is 7.23. The van der Waals surface area contributed by atoms with Crippen LogP contribution < -0.4 is 5.32 Å². The first kappa shape index (κ1) is 14.3. The van der Waals surface area contributed by atoms with Crippen LogP contribution in [0.25, 0.3) is 0 Å². The minimum absolute atomic E-state index is 0.00174. The first-order valence-corrected chi connectivity index (χ1v) is 7.23. The fraction of sp³-hybridized carbons (Fsp3) is 0.857. The Kier molecular flexibility index (Phi) is 4.13. The predicted octanol–water partition coefficient (Wildman–Crippen LogP) is 1.07. The average Bonchev–Trinajstić information content (AvgIpc) is 2.42. The van der Waals surface area contributed by atoms with Crippen molar-refractivity contribution in [2.24, 2.45) is 0 Å². The Labute approximate surface area is 114 Å². The molecular weight excluding hydrogens is 244 g/mol. The highest BCUT2D eigenvalue weighted by Crippen LogP contribution is 2.27. The summed E-state index contributed by atoms with van der Waals surface area (Å²) in [7, 11) is 0. The fourth-order valence-electron chi connectivity index (χ4n) is 2.81. The SMILES string of the molecule is CCC1(C)C(=O)NC(C)C(=O)N1CC1CCCCO1. The van der Waals surface area contributed by atoms with Crippen LogP contribution >= 0.6 is 0 Å². The molecule has 108 valence electrons. The number of hydrogen-bond donors (Lipinski definition) is 1. The maximum atomic E-state index is 12.4. The summed E-state index contributed by atoms with van der Waals surface area (Å²) in [6.07, 6.45) is 3.88. The predicted molar refractivity (Wildman–Crippen MR) is 71.6 cm³/mol. The Hall–Kier alpha value is -1.10. The van der Waals surface area contributed by atoms with Gasteiger partial charge in [0.25, 0.3) is 0 Å². The zero-order chi connectivity index (χ0) is 14.0. The standard InChI is InChI=1S/C14H24N2O3/c1-4-14(3)13(18)15-10(2)12(17)16(14)9-11-7-5-6-8-19-11/h10-11H,4-9H2,1-3H3,(H,15,18). The number of hydrogen-bond acceptors (Lipinski definition) is 3. The number of carbonyl (C=O) groups excluding carboxylic acids is 2. The van der Waals surface area contributed by atoms with Crippen LogP contribution in [0, 0.1) is 0 Å². The van der Waals surface area contributed by atoms with E-state index in [0.29, 0.717) is 13.0 Å². The van der Waals surface area contributed by atoms with E-state index >= 15 is 0 Å². The van der Waals surface area contributed by atoms with Crippen molar-refractivity contribution >= 4 is 11.8 Å². The van der Waals surface area contributed by atoms with Gasteiger partial charge in [-0.2, -0.15) is 0 Å². The van der Waals surface area contributed by atoms with Crippen molar-refractivity contribution in [3.8, 4) is 0 Å². The van der Waals surface area contributed by atoms with E-state index in [1.165, 1.54) is 0 Å². The van der Waals surface area contributed by atoms with Crippen LogP contribution in [-0.4, -0.2) is 47.6 Å². The van der Waals surface area contributed by atoms with Crippen molar-refractivity contribution in [2.45, 2.75) is 64.1 Å². The van der Waals surface area contributed by atoms with E-state index in [1.807, 2.05) is 13.8 Å². The zero-order valence-corrected chi connectivity index (χ0v) is 12.1. The molecule has 5 heteroatoms. The van der Waals surface area contributed by atoms with Gasteiger partial charge in [-0.25, -0.2) is 0 Å². The van der Waals surface area contributed by atoms with Gasteiger partial charge in [0, 0.05) is 13.2 Å². The summed E-state index contributed by atoms with van der Waals surface area (Å²) in [4.78, 5) is 26.3. The van der Waals surface area contributed by atoms with Crippen LogP contribution in [0.2, 0.25) is 0 Å². The van der Waals surface area contributed by atoms with Gasteiger partial charge in [-0.1, -0.05) is 6.92 Å². The second kappa shape index (κ2) is 5.49. The topological polar surface area (TPSA) is 58.6 Å². The van der Waals surface area contributed by atoms with Crippen molar-refractivity contribution in [3.05, 3.63) is 0 Å². The molecular formula is C14H24N2O3. The number of nitrogens with one attached hydrogen (secondary N) is 1. The number of ether oxygens (including phenoxy) is 1. The lowest BCUT2D eigenvalue weighted by Crippen LogP contribution is -2.69. The number of piperazine rings is 1. The molecule has 0 radical (unpaired) electrons. The van der Waals surface area contributed by atoms with Crippen molar-refractivity contribution in [3.63, 3.8) is 0 Å². The van der Waals surface area contributed by atoms with Gasteiger partial charge in [-0.15, -0.1) is 0 Å². The second-order valence-electron chi connectivity index (χ2n) is 5.76. The van der Waals surface area contributed by atoms with E-state index in [1.54, 1.807) is 11.8 Å². The summed E-state index contributed by atoms with van der Waals surface area (Å²) in [5.74, 6) is -0.0592. The molecule has 0 saturated carbocycles. The number of amides is 2. The average molecular weight is 268 g/mol. The van der Waals surface area contributed by atoms with Gasteiger partial charge in [0.2, 0.25) is 11.8 Å². The van der Waals surface area contributed by atoms with Gasteiger partial charge >= 0.3 is 0 Å². The van der Waals surface area contributed by atoms with Crippen LogP contribution in [0.5, 0.6) is 0 Å². The summed E-state index contributed by atoms with van der Waals surface area (Å²) < 4.78 is 5.71. The van der Waals surface area contributed by atoms with E-state index in [-0.39, 0.29) is 17.9 Å². The minimum atomic E-state index is -0.746. The molecule has 2 aliphatic rings. The molecule has 0 bridgehead atoms. The highest BCUT2D eigenvalue weighted by Gasteiger charge is 2.47. The maximum absolute atomic E-state index is 12.4. The van der Waals surface area contributed by atoms with E-state index < -0.39 is 11.6 Å². The smallest absolute Gasteiger partial charge is 0.246 e. The third kappa shape index (κ3) is 2.61. The second-order valence-corrected chi connectivity index (χ2v) is 5.76. The minimum Gasteiger partial charge on any atom is -0.376 e. The molecule has 2 amide bonds. The summed E-state index contributed by atoms with van der Waals surface area (Å²) >= 11 is 0. The number of nitrogens with zero attached hydrogens (tertiary/aromatic N) is 1. The molecule has 0 spiro atoms. The van der Waals surface area contributed by atoms with Crippen LogP contribution in [0.4, 0.5) is 0 Å². The third-order valence-corrected chi connectivity index (χ3v) is 4.42. The van der Waals surface area contributed by atoms with Crippen molar-refractivity contribution < 1.29 is 14.3 Å². The molecule has 0 aliphatic carbocycles. The third-order valence-electron chi connectivity index (χ3n) is 4.42. The van der Waals surface area contributed by atoms with Gasteiger partial charge in [0.15, 0.2) is 0 Å². The lowest BCUT2D eigenvalue weighted by molar-refractivity contribution is -0.159. The highest BCUT2D eigenvalue weighted by atomic mass is 16.5. The molecule has 2 rings (SSSR count). The number of carbonyl (C=O) groups is 2. The molecule has 2 fully saturated rings. The van der Waals surface area contributed by atoms with E-state index in [9.17, 15) is 9.59 Å². The van der Waals surface area contributed by atoms with Crippen LogP contribution in [-0.2, 0) is 14.3 Å². The Bertz CT molecular complexity index is 366. The molecule has 5 nitrogen and oxygen atoms in total. The molecule has 19 heavy (non-hydrogen) atoms. The van der Waals surface area contributed by atoms with Gasteiger partial charge in [0.1, 0.15) is 11.6 Å². The maximum Gasteiger partial charge on any atom is 0.246 e. The molecule has 3 atom stereocenters. The van der Waals surface area contributed by atoms with Crippen LogP contribution in [0.15, 0.2) is 0 Å². The van der Waals surface area contributed by atoms with E-state index in [2.05, 4.69) is 5.32 Å². The molecule has 2 heterocycles. The normalized spacial score (nSPS) is 36.3. The van der Waals surface area contributed by atoms with E-state index in [4.69, 9.17) is 4.74 Å². The fourth-order valence-corrected chi connectivity index (χ4v) is 2.81.